The summed E-state index contributed by atoms with van der Waals surface area (Å²) in [5, 5.41) is 1.44. The molecule has 0 aliphatic heterocycles. The molecule has 0 unspecified atom stereocenters. The van der Waals surface area contributed by atoms with Crippen LogP contribution in [0.5, 0.6) is 0 Å². The van der Waals surface area contributed by atoms with Crippen molar-refractivity contribution in [2.45, 2.75) is 37.6 Å². The van der Waals surface area contributed by atoms with Crippen LogP contribution in [-0.2, 0) is 5.54 Å². The first-order chi connectivity index (χ1) is 8.27. The van der Waals surface area contributed by atoms with Crippen LogP contribution in [0.1, 0.15) is 32.1 Å². The smallest absolute Gasteiger partial charge is 0.224 e. The zero-order valence-corrected chi connectivity index (χ0v) is 10.3. The second-order valence-corrected chi connectivity index (χ2v) is 5.83. The monoisotopic (exact) mass is 247 g/mol. The van der Waals surface area contributed by atoms with Gasteiger partial charge in [-0.1, -0.05) is 12.8 Å². The molecular weight excluding hydrogens is 234 g/mol. The minimum Gasteiger partial charge on any atom is -0.326 e. The predicted octanol–water partition coefficient (Wildman–Crippen LogP) is 3.37. The molecule has 0 saturated heterocycles. The third kappa shape index (κ3) is 1.29. The molecule has 3 saturated carbocycles. The van der Waals surface area contributed by atoms with Gasteiger partial charge in [0.2, 0.25) is 5.28 Å². The van der Waals surface area contributed by atoms with E-state index >= 15 is 0 Å². The van der Waals surface area contributed by atoms with Crippen molar-refractivity contribution in [3.63, 3.8) is 0 Å². The maximum Gasteiger partial charge on any atom is 0.224 e. The van der Waals surface area contributed by atoms with Crippen LogP contribution in [0, 0.1) is 5.92 Å². The van der Waals surface area contributed by atoms with Crippen LogP contribution < -0.4 is 0 Å². The average Bonchev–Trinajstić information content (AvgIpc) is 2.71. The quantitative estimate of drug-likeness (QED) is 0.724. The maximum absolute atomic E-state index is 5.91. The highest BCUT2D eigenvalue weighted by molar-refractivity contribution is 6.28. The Morgan fingerprint density at radius 3 is 3.06 bits per heavy atom. The minimum atomic E-state index is 0.336. The summed E-state index contributed by atoms with van der Waals surface area (Å²) in [7, 11) is 0. The van der Waals surface area contributed by atoms with Crippen molar-refractivity contribution in [1.82, 2.24) is 14.5 Å². The van der Waals surface area contributed by atoms with E-state index in [4.69, 9.17) is 11.6 Å². The summed E-state index contributed by atoms with van der Waals surface area (Å²) in [4.78, 5) is 8.44. The average molecular weight is 248 g/mol. The van der Waals surface area contributed by atoms with Crippen LogP contribution in [-0.4, -0.2) is 14.5 Å². The molecule has 0 aromatic carbocycles. The van der Waals surface area contributed by atoms with Gasteiger partial charge in [0.15, 0.2) is 0 Å². The second-order valence-electron chi connectivity index (χ2n) is 5.49. The van der Waals surface area contributed by atoms with Crippen molar-refractivity contribution in [2.24, 2.45) is 5.92 Å². The van der Waals surface area contributed by atoms with E-state index in [2.05, 4.69) is 26.8 Å². The molecule has 17 heavy (non-hydrogen) atoms. The first kappa shape index (κ1) is 9.89. The zero-order chi connectivity index (χ0) is 11.5. The van der Waals surface area contributed by atoms with Crippen molar-refractivity contribution in [3.05, 3.63) is 23.7 Å². The normalized spacial score (nSPS) is 31.5. The van der Waals surface area contributed by atoms with E-state index < -0.39 is 0 Å². The van der Waals surface area contributed by atoms with Gasteiger partial charge >= 0.3 is 0 Å². The Hall–Kier alpha value is -1.09. The largest absolute Gasteiger partial charge is 0.326 e. The highest BCUT2D eigenvalue weighted by atomic mass is 35.5. The number of aromatic nitrogens is 3. The van der Waals surface area contributed by atoms with Gasteiger partial charge in [0, 0.05) is 23.3 Å². The molecule has 3 aliphatic rings. The van der Waals surface area contributed by atoms with Crippen molar-refractivity contribution < 1.29 is 0 Å². The Morgan fingerprint density at radius 2 is 2.29 bits per heavy atom. The molecule has 2 bridgehead atoms. The molecule has 5 rings (SSSR count). The number of nitrogens with zero attached hydrogens (tertiary/aromatic N) is 3. The fourth-order valence-corrected chi connectivity index (χ4v) is 3.87. The third-order valence-electron chi connectivity index (χ3n) is 4.50. The maximum atomic E-state index is 5.91. The molecule has 0 N–H and O–H groups in total. The lowest BCUT2D eigenvalue weighted by Crippen LogP contribution is -2.49. The topological polar surface area (TPSA) is 30.7 Å². The van der Waals surface area contributed by atoms with Gasteiger partial charge in [0.25, 0.3) is 0 Å². The van der Waals surface area contributed by atoms with E-state index in [0.717, 1.165) is 17.0 Å². The second kappa shape index (κ2) is 3.22. The number of fused-ring (bicyclic) bond motifs is 3. The Labute approximate surface area is 105 Å². The van der Waals surface area contributed by atoms with Gasteiger partial charge in [0.05, 0.1) is 0 Å². The molecule has 88 valence electrons. The van der Waals surface area contributed by atoms with Gasteiger partial charge in [-0.25, -0.2) is 4.98 Å². The van der Waals surface area contributed by atoms with Crippen LogP contribution in [0.2, 0.25) is 5.28 Å². The van der Waals surface area contributed by atoms with E-state index in [1.54, 1.807) is 0 Å². The first-order valence-electron chi connectivity index (χ1n) is 6.27. The molecule has 0 radical (unpaired) electrons. The summed E-state index contributed by atoms with van der Waals surface area (Å²) in [6, 6.07) is 2.10. The predicted molar refractivity (Wildman–Crippen MR) is 67.1 cm³/mol. The van der Waals surface area contributed by atoms with E-state index in [-0.39, 0.29) is 0 Å². The molecule has 3 aliphatic carbocycles. The summed E-state index contributed by atoms with van der Waals surface area (Å²) in [6.45, 7) is 0. The van der Waals surface area contributed by atoms with Gasteiger partial charge < -0.3 is 4.57 Å². The number of rotatable bonds is 1. The Bertz CT molecular complexity index is 578. The summed E-state index contributed by atoms with van der Waals surface area (Å²) >= 11 is 5.91. The van der Waals surface area contributed by atoms with E-state index in [0.29, 0.717) is 10.8 Å². The van der Waals surface area contributed by atoms with Crippen LogP contribution in [0.3, 0.4) is 0 Å². The Kier molecular flexibility index (Phi) is 1.88. The number of hydrogen-bond acceptors (Lipinski definition) is 2. The van der Waals surface area contributed by atoms with Gasteiger partial charge in [-0.05, 0) is 42.8 Å². The molecular formula is C13H14ClN3. The van der Waals surface area contributed by atoms with Crippen LogP contribution in [0.4, 0.5) is 0 Å². The van der Waals surface area contributed by atoms with Gasteiger partial charge in [-0.3, -0.25) is 0 Å². The highest BCUT2D eigenvalue weighted by Gasteiger charge is 2.48. The Morgan fingerprint density at radius 1 is 1.41 bits per heavy atom. The Balaban J connectivity index is 1.88. The molecule has 3 fully saturated rings. The molecule has 0 atom stereocenters. The molecule has 0 spiro atoms. The summed E-state index contributed by atoms with van der Waals surface area (Å²) < 4.78 is 2.35. The van der Waals surface area contributed by atoms with Crippen LogP contribution in [0.15, 0.2) is 18.5 Å². The fourth-order valence-electron chi connectivity index (χ4n) is 3.74. The minimum absolute atomic E-state index is 0.336. The van der Waals surface area contributed by atoms with Crippen molar-refractivity contribution >= 4 is 22.6 Å². The van der Waals surface area contributed by atoms with Crippen molar-refractivity contribution in [2.75, 3.05) is 0 Å². The highest BCUT2D eigenvalue weighted by Crippen LogP contribution is 2.54. The van der Waals surface area contributed by atoms with Crippen molar-refractivity contribution in [3.8, 4) is 0 Å². The lowest BCUT2D eigenvalue weighted by Gasteiger charge is -2.53. The molecule has 2 aromatic rings. The molecule has 2 heterocycles. The number of halogens is 1. The van der Waals surface area contributed by atoms with E-state index in [1.807, 2.05) is 6.20 Å². The van der Waals surface area contributed by atoms with Gasteiger partial charge in [0.1, 0.15) is 5.65 Å². The molecule has 0 amide bonds. The van der Waals surface area contributed by atoms with Crippen LogP contribution in [0.25, 0.3) is 11.0 Å². The molecule has 2 aromatic heterocycles. The SMILES string of the molecule is Clc1ncc2ccn(C34CCCC(C3)C4)c2n1. The summed E-state index contributed by atoms with van der Waals surface area (Å²) in [5.74, 6) is 0.943. The standard InChI is InChI=1S/C13H14ClN3/c14-12-15-8-10-3-5-17(11(10)16-12)13-4-1-2-9(6-13)7-13/h3,5,8-9H,1-2,4,6-7H2. The molecule has 3 nitrogen and oxygen atoms in total. The van der Waals surface area contributed by atoms with Crippen molar-refractivity contribution in [1.29, 1.82) is 0 Å². The lowest BCUT2D eigenvalue weighted by molar-refractivity contribution is 0.0112. The van der Waals surface area contributed by atoms with E-state index in [9.17, 15) is 0 Å². The third-order valence-corrected chi connectivity index (χ3v) is 4.68. The van der Waals surface area contributed by atoms with Gasteiger partial charge in [-0.2, -0.15) is 4.98 Å². The summed E-state index contributed by atoms with van der Waals surface area (Å²) in [5.41, 5.74) is 1.34. The lowest BCUT2D eigenvalue weighted by atomic mass is 9.59. The molecule has 4 heteroatoms. The van der Waals surface area contributed by atoms with Crippen LogP contribution >= 0.6 is 11.6 Å². The summed E-state index contributed by atoms with van der Waals surface area (Å²) in [6.07, 6.45) is 10.7. The van der Waals surface area contributed by atoms with Gasteiger partial charge in [-0.15, -0.1) is 0 Å². The van der Waals surface area contributed by atoms with E-state index in [1.165, 1.54) is 32.1 Å². The fraction of sp³-hybridized carbons (Fsp3) is 0.538. The number of hydrogen-bond donors (Lipinski definition) is 0. The zero-order valence-electron chi connectivity index (χ0n) is 9.56. The first-order valence-corrected chi connectivity index (χ1v) is 6.65.